The van der Waals surface area contributed by atoms with Crippen molar-refractivity contribution in [3.8, 4) is 0 Å². The number of nitrogens with two attached hydrogens (primary N) is 2. The first-order chi connectivity index (χ1) is 16.7. The second-order valence-electron chi connectivity index (χ2n) is 6.89. The highest BCUT2D eigenvalue weighted by Crippen LogP contribution is 2.41. The van der Waals surface area contributed by atoms with E-state index in [1.54, 1.807) is 0 Å². The molecule has 0 aromatic carbocycles. The van der Waals surface area contributed by atoms with Crippen LogP contribution in [0.15, 0.2) is 26.1 Å². The van der Waals surface area contributed by atoms with Gasteiger partial charge in [-0.05, 0) is 5.57 Å². The fourth-order valence-corrected chi connectivity index (χ4v) is 6.97. The molecule has 0 unspecified atom stereocenters. The molecule has 184 valence electrons. The molecule has 18 heteroatoms. The van der Waals surface area contributed by atoms with Gasteiger partial charge in [0.25, 0.3) is 11.8 Å². The molecule has 4 heterocycles. The van der Waals surface area contributed by atoms with Crippen molar-refractivity contribution in [3.05, 3.63) is 27.4 Å². The number of thioether (sulfide) groups is 2. The number of nitrogens with one attached hydrogen (secondary N) is 2. The molecule has 2 aliphatic rings. The summed E-state index contributed by atoms with van der Waals surface area (Å²) in [6.07, 6.45) is 0. The molecule has 0 spiro atoms. The van der Waals surface area contributed by atoms with E-state index in [-0.39, 0.29) is 38.8 Å². The van der Waals surface area contributed by atoms with Gasteiger partial charge in [-0.1, -0.05) is 28.3 Å². The second kappa shape index (κ2) is 10.2. The van der Waals surface area contributed by atoms with E-state index in [0.29, 0.717) is 15.7 Å². The summed E-state index contributed by atoms with van der Waals surface area (Å²) in [5.74, 6) is -2.12. The Morgan fingerprint density at radius 1 is 1.46 bits per heavy atom. The number of hydrogen-bond acceptors (Lipinski definition) is 14. The van der Waals surface area contributed by atoms with E-state index < -0.39 is 29.2 Å². The van der Waals surface area contributed by atoms with Gasteiger partial charge in [-0.3, -0.25) is 19.9 Å². The summed E-state index contributed by atoms with van der Waals surface area (Å²) in [6, 6.07) is -0.949. The summed E-state index contributed by atoms with van der Waals surface area (Å²) in [6.45, 7) is 0. The first-order valence-corrected chi connectivity index (χ1v) is 13.3. The number of aliphatic carboxylic acids is 1. The van der Waals surface area contributed by atoms with Gasteiger partial charge in [0.05, 0.1) is 0 Å². The molecule has 4 rings (SSSR count). The largest absolute Gasteiger partial charge is 0.477 e. The molecule has 1 fully saturated rings. The normalized spacial score (nSPS) is 19.7. The van der Waals surface area contributed by atoms with E-state index in [1.165, 1.54) is 40.9 Å². The third-order valence-corrected chi connectivity index (χ3v) is 8.90. The third-order valence-electron chi connectivity index (χ3n) is 4.71. The quantitative estimate of drug-likeness (QED) is 0.0887. The summed E-state index contributed by atoms with van der Waals surface area (Å²) >= 11 is 4.81. The smallest absolute Gasteiger partial charge is 0.352 e. The van der Waals surface area contributed by atoms with Crippen molar-refractivity contribution < 1.29 is 24.3 Å². The van der Waals surface area contributed by atoms with Crippen LogP contribution in [0, 0.1) is 5.41 Å². The number of β-lactam (4-membered cyclic amide) rings is 1. The minimum absolute atomic E-state index is 0.119. The summed E-state index contributed by atoms with van der Waals surface area (Å²) in [5, 5.41) is 32.7. The van der Waals surface area contributed by atoms with Crippen molar-refractivity contribution in [2.75, 3.05) is 24.3 Å². The van der Waals surface area contributed by atoms with E-state index in [1.807, 2.05) is 0 Å². The molecule has 2 amide bonds. The Labute approximate surface area is 213 Å². The van der Waals surface area contributed by atoms with Crippen LogP contribution < -0.4 is 16.8 Å². The lowest BCUT2D eigenvalue weighted by molar-refractivity contribution is -0.150. The molecule has 2 aromatic rings. The molecule has 2 aromatic heterocycles. The highest BCUT2D eigenvalue weighted by molar-refractivity contribution is 8.01. The van der Waals surface area contributed by atoms with Gasteiger partial charge in [0, 0.05) is 16.9 Å². The number of oxime groups is 1. The van der Waals surface area contributed by atoms with Crippen molar-refractivity contribution in [2.45, 2.75) is 15.8 Å². The van der Waals surface area contributed by atoms with Crippen LogP contribution in [0.2, 0.25) is 0 Å². The number of amides is 2. The number of anilines is 1. The first-order valence-electron chi connectivity index (χ1n) is 9.55. The minimum Gasteiger partial charge on any atom is -0.477 e. The van der Waals surface area contributed by atoms with Crippen LogP contribution in [0.1, 0.15) is 10.7 Å². The van der Waals surface area contributed by atoms with Gasteiger partial charge in [-0.15, -0.1) is 33.3 Å². The fraction of sp³-hybridized carbons (Fsp3) is 0.294. The molecule has 0 radical (unpaired) electrons. The van der Waals surface area contributed by atoms with Crippen LogP contribution in [0.3, 0.4) is 0 Å². The molecule has 35 heavy (non-hydrogen) atoms. The standard InChI is InChI=1S/C17H17N9O5S4/c1-31-25-7(6-4-33-16(20)21-6)11(27)22-8-13(28)26-9(15(29)30)5(2-32-14(8)26)3-34-17-24-23-12(35-17)10(18)19/h4,8,14H,2-3H2,1H3,(H3,18,19)(H2,20,21)(H,22,27)(H,29,30)/b25-7-/t8-,14+/m1/s1. The topological polar surface area (TPSA) is 223 Å². The zero-order chi connectivity index (χ0) is 25.3. The van der Waals surface area contributed by atoms with Gasteiger partial charge >= 0.3 is 5.97 Å². The zero-order valence-corrected chi connectivity index (χ0v) is 21.0. The van der Waals surface area contributed by atoms with Gasteiger partial charge in [0.2, 0.25) is 0 Å². The molecule has 2 atom stereocenters. The highest BCUT2D eigenvalue weighted by Gasteiger charge is 2.54. The lowest BCUT2D eigenvalue weighted by Crippen LogP contribution is -2.71. The van der Waals surface area contributed by atoms with Crippen LogP contribution >= 0.6 is 46.2 Å². The lowest BCUT2D eigenvalue weighted by Gasteiger charge is -2.49. The predicted molar refractivity (Wildman–Crippen MR) is 131 cm³/mol. The van der Waals surface area contributed by atoms with Crippen molar-refractivity contribution in [2.24, 2.45) is 10.9 Å². The summed E-state index contributed by atoms with van der Waals surface area (Å²) in [4.78, 5) is 47.7. The molecular formula is C17H17N9O5S4. The van der Waals surface area contributed by atoms with E-state index in [0.717, 1.165) is 22.7 Å². The Hall–Kier alpha value is -3.22. The van der Waals surface area contributed by atoms with Crippen LogP contribution in [0.4, 0.5) is 5.13 Å². The van der Waals surface area contributed by atoms with Crippen molar-refractivity contribution in [3.63, 3.8) is 0 Å². The lowest BCUT2D eigenvalue weighted by atomic mass is 10.0. The maximum Gasteiger partial charge on any atom is 0.352 e. The summed E-state index contributed by atoms with van der Waals surface area (Å²) < 4.78 is 0.521. The number of carbonyl (C=O) groups excluding carboxylic acids is 2. The average Bonchev–Trinajstić information content (AvgIpc) is 3.47. The number of carboxylic acid groups (broad SMARTS) is 1. The number of thiazole rings is 1. The molecule has 2 aliphatic heterocycles. The SMILES string of the molecule is CO/N=C(\C(=O)N[C@@H]1C(=O)N2C(C(=O)O)=C(CSc3nnc(C(=N)N)s3)CS[C@@H]12)c1csc(N)n1. The average molecular weight is 556 g/mol. The van der Waals surface area contributed by atoms with Gasteiger partial charge in [0.15, 0.2) is 26.0 Å². The monoisotopic (exact) mass is 555 g/mol. The van der Waals surface area contributed by atoms with E-state index in [9.17, 15) is 19.5 Å². The number of rotatable bonds is 9. The molecule has 1 saturated heterocycles. The van der Waals surface area contributed by atoms with Gasteiger partial charge in [-0.2, -0.15) is 0 Å². The maximum atomic E-state index is 12.9. The van der Waals surface area contributed by atoms with E-state index in [4.69, 9.17) is 21.7 Å². The molecule has 0 bridgehead atoms. The van der Waals surface area contributed by atoms with Gasteiger partial charge < -0.3 is 26.7 Å². The Kier molecular flexibility index (Phi) is 7.24. The van der Waals surface area contributed by atoms with Crippen LogP contribution in [-0.2, 0) is 19.2 Å². The third kappa shape index (κ3) is 4.95. The summed E-state index contributed by atoms with van der Waals surface area (Å²) in [7, 11) is 1.27. The Bertz CT molecular complexity index is 1270. The summed E-state index contributed by atoms with van der Waals surface area (Å²) in [5.41, 5.74) is 11.5. The number of carbonyl (C=O) groups is 3. The maximum absolute atomic E-state index is 12.9. The molecular weight excluding hydrogens is 539 g/mol. The second-order valence-corrected chi connectivity index (χ2v) is 11.1. The van der Waals surface area contributed by atoms with Crippen molar-refractivity contribution in [1.82, 2.24) is 25.4 Å². The number of aromatic nitrogens is 3. The number of nitrogen functional groups attached to an aromatic ring is 2. The number of carboxylic acids is 1. The van der Waals surface area contributed by atoms with Gasteiger partial charge in [-0.25, -0.2) is 9.78 Å². The molecule has 0 aliphatic carbocycles. The number of hydrogen-bond donors (Lipinski definition) is 5. The predicted octanol–water partition coefficient (Wildman–Crippen LogP) is -0.258. The molecule has 14 nitrogen and oxygen atoms in total. The number of fused-ring (bicyclic) bond motifs is 1. The fourth-order valence-electron chi connectivity index (χ4n) is 3.22. The highest BCUT2D eigenvalue weighted by atomic mass is 32.2. The Morgan fingerprint density at radius 3 is 2.83 bits per heavy atom. The molecule has 7 N–H and O–H groups in total. The Morgan fingerprint density at radius 2 is 2.23 bits per heavy atom. The Balaban J connectivity index is 1.48. The minimum atomic E-state index is -1.25. The number of amidine groups is 1. The number of nitrogens with zero attached hydrogens (tertiary/aromatic N) is 5. The van der Waals surface area contributed by atoms with Crippen LogP contribution in [0.5, 0.6) is 0 Å². The first kappa shape index (κ1) is 24.9. The van der Waals surface area contributed by atoms with Gasteiger partial charge in [0.1, 0.15) is 29.9 Å². The van der Waals surface area contributed by atoms with Crippen molar-refractivity contribution in [1.29, 1.82) is 5.41 Å². The van der Waals surface area contributed by atoms with Crippen LogP contribution in [-0.4, -0.2) is 84.5 Å². The van der Waals surface area contributed by atoms with Crippen LogP contribution in [0.25, 0.3) is 0 Å². The van der Waals surface area contributed by atoms with E-state index >= 15 is 0 Å². The van der Waals surface area contributed by atoms with E-state index in [2.05, 4.69) is 25.7 Å². The zero-order valence-electron chi connectivity index (χ0n) is 17.8. The van der Waals surface area contributed by atoms with Crippen molar-refractivity contribution >= 4 is 80.7 Å². The molecule has 0 saturated carbocycles.